The summed E-state index contributed by atoms with van der Waals surface area (Å²) in [7, 11) is 2.12. The SMILES string of the molecule is CCN(CC)C(=O)CN(CC)C(=O)CC1CCN(C)CC1. The average molecular weight is 297 g/mol. The largest absolute Gasteiger partial charge is 0.342 e. The van der Waals surface area contributed by atoms with E-state index in [9.17, 15) is 9.59 Å². The Morgan fingerprint density at radius 2 is 1.48 bits per heavy atom. The van der Waals surface area contributed by atoms with Crippen LogP contribution < -0.4 is 0 Å². The first-order valence-electron chi connectivity index (χ1n) is 8.25. The van der Waals surface area contributed by atoms with Gasteiger partial charge >= 0.3 is 0 Å². The number of hydrogen-bond acceptors (Lipinski definition) is 3. The zero-order chi connectivity index (χ0) is 15.8. The van der Waals surface area contributed by atoms with E-state index in [1.807, 2.05) is 20.8 Å². The van der Waals surface area contributed by atoms with Crippen molar-refractivity contribution in [1.82, 2.24) is 14.7 Å². The minimum Gasteiger partial charge on any atom is -0.342 e. The second-order valence-electron chi connectivity index (χ2n) is 5.92. The smallest absolute Gasteiger partial charge is 0.242 e. The topological polar surface area (TPSA) is 43.9 Å². The van der Waals surface area contributed by atoms with Gasteiger partial charge in [0.05, 0.1) is 6.54 Å². The zero-order valence-electron chi connectivity index (χ0n) is 14.1. The maximum atomic E-state index is 12.4. The molecule has 0 aliphatic carbocycles. The highest BCUT2D eigenvalue weighted by Gasteiger charge is 2.24. The second-order valence-corrected chi connectivity index (χ2v) is 5.92. The summed E-state index contributed by atoms with van der Waals surface area (Å²) in [4.78, 5) is 30.3. The lowest BCUT2D eigenvalue weighted by molar-refractivity contribution is -0.140. The lowest BCUT2D eigenvalue weighted by Crippen LogP contribution is -2.43. The van der Waals surface area contributed by atoms with E-state index in [1.54, 1.807) is 9.80 Å². The molecule has 0 aromatic rings. The zero-order valence-corrected chi connectivity index (χ0v) is 14.1. The molecule has 0 unspecified atom stereocenters. The molecule has 0 N–H and O–H groups in total. The summed E-state index contributed by atoms with van der Waals surface area (Å²) in [6.07, 6.45) is 2.76. The highest BCUT2D eigenvalue weighted by atomic mass is 16.2. The first kappa shape index (κ1) is 18.0. The third kappa shape index (κ3) is 5.65. The number of nitrogens with zero attached hydrogens (tertiary/aromatic N) is 3. The van der Waals surface area contributed by atoms with E-state index in [0.717, 1.165) is 25.9 Å². The summed E-state index contributed by atoms with van der Waals surface area (Å²) in [6, 6.07) is 0. The minimum absolute atomic E-state index is 0.0542. The van der Waals surface area contributed by atoms with Crippen LogP contribution in [0.25, 0.3) is 0 Å². The molecule has 1 aliphatic rings. The Morgan fingerprint density at radius 1 is 0.952 bits per heavy atom. The van der Waals surface area contributed by atoms with Crippen molar-refractivity contribution in [3.05, 3.63) is 0 Å². The average Bonchev–Trinajstić information content (AvgIpc) is 2.48. The van der Waals surface area contributed by atoms with E-state index in [1.165, 1.54) is 0 Å². The molecule has 0 spiro atoms. The van der Waals surface area contributed by atoms with Gasteiger partial charge in [-0.1, -0.05) is 0 Å². The van der Waals surface area contributed by atoms with Crippen molar-refractivity contribution in [3.63, 3.8) is 0 Å². The summed E-state index contributed by atoms with van der Waals surface area (Å²) in [5.41, 5.74) is 0. The van der Waals surface area contributed by atoms with Crippen molar-refractivity contribution in [1.29, 1.82) is 0 Å². The van der Waals surface area contributed by atoms with Crippen molar-refractivity contribution in [3.8, 4) is 0 Å². The molecule has 0 atom stereocenters. The van der Waals surface area contributed by atoms with Gasteiger partial charge in [-0.3, -0.25) is 9.59 Å². The predicted octanol–water partition coefficient (Wildman–Crippen LogP) is 1.44. The molecule has 1 fully saturated rings. The lowest BCUT2D eigenvalue weighted by Gasteiger charge is -2.30. The van der Waals surface area contributed by atoms with Crippen LogP contribution in [0, 0.1) is 5.92 Å². The van der Waals surface area contributed by atoms with Crippen molar-refractivity contribution >= 4 is 11.8 Å². The van der Waals surface area contributed by atoms with Crippen LogP contribution in [-0.4, -0.2) is 72.8 Å². The van der Waals surface area contributed by atoms with Gasteiger partial charge in [0.25, 0.3) is 0 Å². The maximum absolute atomic E-state index is 12.4. The number of likely N-dealkylation sites (N-methyl/N-ethyl adjacent to an activating group) is 2. The predicted molar refractivity (Wildman–Crippen MR) is 85.0 cm³/mol. The van der Waals surface area contributed by atoms with Gasteiger partial charge in [0.2, 0.25) is 11.8 Å². The van der Waals surface area contributed by atoms with Gasteiger partial charge in [-0.05, 0) is 59.7 Å². The summed E-state index contributed by atoms with van der Waals surface area (Å²) in [6.45, 7) is 10.3. The minimum atomic E-state index is 0.0542. The molecule has 1 saturated heterocycles. The second kappa shape index (κ2) is 9.03. The van der Waals surface area contributed by atoms with Gasteiger partial charge in [0.15, 0.2) is 0 Å². The number of amides is 2. The van der Waals surface area contributed by atoms with Crippen LogP contribution in [0.4, 0.5) is 0 Å². The van der Waals surface area contributed by atoms with E-state index in [0.29, 0.717) is 32.0 Å². The third-order valence-electron chi connectivity index (χ3n) is 4.48. The number of piperidine rings is 1. The fourth-order valence-electron chi connectivity index (χ4n) is 2.86. The number of carbonyl (C=O) groups is 2. The van der Waals surface area contributed by atoms with Crippen LogP contribution >= 0.6 is 0 Å². The molecule has 0 saturated carbocycles. The lowest BCUT2D eigenvalue weighted by atomic mass is 9.93. The van der Waals surface area contributed by atoms with Crippen molar-refractivity contribution in [2.24, 2.45) is 5.92 Å². The Labute approximate surface area is 129 Å². The molecular formula is C16H31N3O2. The highest BCUT2D eigenvalue weighted by Crippen LogP contribution is 2.20. The first-order valence-corrected chi connectivity index (χ1v) is 8.25. The standard InChI is InChI=1S/C16H31N3O2/c1-5-18(6-2)16(21)13-19(7-3)15(20)12-14-8-10-17(4)11-9-14/h14H,5-13H2,1-4H3. The molecular weight excluding hydrogens is 266 g/mol. The normalized spacial score (nSPS) is 16.8. The van der Waals surface area contributed by atoms with E-state index >= 15 is 0 Å². The molecule has 21 heavy (non-hydrogen) atoms. The van der Waals surface area contributed by atoms with Gasteiger partial charge in [-0.25, -0.2) is 0 Å². The summed E-state index contributed by atoms with van der Waals surface area (Å²) < 4.78 is 0. The number of hydrogen-bond donors (Lipinski definition) is 0. The van der Waals surface area contributed by atoms with Crippen LogP contribution in [0.2, 0.25) is 0 Å². The van der Waals surface area contributed by atoms with Gasteiger partial charge in [-0.15, -0.1) is 0 Å². The van der Waals surface area contributed by atoms with E-state index in [-0.39, 0.29) is 18.4 Å². The molecule has 0 bridgehead atoms. The molecule has 0 aromatic heterocycles. The van der Waals surface area contributed by atoms with Crippen LogP contribution in [0.5, 0.6) is 0 Å². The number of likely N-dealkylation sites (tertiary alicyclic amines) is 1. The van der Waals surface area contributed by atoms with E-state index in [2.05, 4.69) is 11.9 Å². The Kier molecular flexibility index (Phi) is 7.72. The van der Waals surface area contributed by atoms with Crippen molar-refractivity contribution in [2.45, 2.75) is 40.0 Å². The van der Waals surface area contributed by atoms with Gasteiger partial charge in [0, 0.05) is 26.1 Å². The highest BCUT2D eigenvalue weighted by molar-refractivity contribution is 5.84. The molecule has 5 heteroatoms. The van der Waals surface area contributed by atoms with Crippen LogP contribution in [0.1, 0.15) is 40.0 Å². The third-order valence-corrected chi connectivity index (χ3v) is 4.48. The molecule has 1 heterocycles. The summed E-state index contributed by atoms with van der Waals surface area (Å²) >= 11 is 0. The Balaban J connectivity index is 2.47. The van der Waals surface area contributed by atoms with Crippen LogP contribution in [0.15, 0.2) is 0 Å². The van der Waals surface area contributed by atoms with Crippen LogP contribution in [-0.2, 0) is 9.59 Å². The van der Waals surface area contributed by atoms with Gasteiger partial charge < -0.3 is 14.7 Å². The molecule has 0 aromatic carbocycles. The summed E-state index contributed by atoms with van der Waals surface area (Å²) in [5, 5.41) is 0. The van der Waals surface area contributed by atoms with E-state index < -0.39 is 0 Å². The Bertz CT molecular complexity index is 334. The summed E-state index contributed by atoms with van der Waals surface area (Å²) in [5.74, 6) is 0.664. The molecule has 122 valence electrons. The number of rotatable bonds is 7. The Morgan fingerprint density at radius 3 is 1.95 bits per heavy atom. The van der Waals surface area contributed by atoms with Crippen molar-refractivity contribution in [2.75, 3.05) is 46.3 Å². The first-order chi connectivity index (χ1) is 10.0. The molecule has 5 nitrogen and oxygen atoms in total. The monoisotopic (exact) mass is 297 g/mol. The van der Waals surface area contributed by atoms with Crippen LogP contribution in [0.3, 0.4) is 0 Å². The molecule has 1 aliphatic heterocycles. The molecule has 0 radical (unpaired) electrons. The fraction of sp³-hybridized carbons (Fsp3) is 0.875. The molecule has 2 amide bonds. The molecule has 1 rings (SSSR count). The fourth-order valence-corrected chi connectivity index (χ4v) is 2.86. The number of carbonyl (C=O) groups excluding carboxylic acids is 2. The van der Waals surface area contributed by atoms with Gasteiger partial charge in [-0.2, -0.15) is 0 Å². The quantitative estimate of drug-likeness (QED) is 0.714. The Hall–Kier alpha value is -1.10. The van der Waals surface area contributed by atoms with Crippen molar-refractivity contribution < 1.29 is 9.59 Å². The van der Waals surface area contributed by atoms with E-state index in [4.69, 9.17) is 0 Å². The van der Waals surface area contributed by atoms with Gasteiger partial charge in [0.1, 0.15) is 0 Å². The maximum Gasteiger partial charge on any atom is 0.242 e.